The third-order valence-electron chi connectivity index (χ3n) is 3.99. The van der Waals surface area contributed by atoms with E-state index in [1.54, 1.807) is 0 Å². The van der Waals surface area contributed by atoms with Gasteiger partial charge in [0, 0.05) is 6.54 Å². The predicted molar refractivity (Wildman–Crippen MR) is 81.7 cm³/mol. The molecular formula is C16H19ClN2O2. The SMILES string of the molecule is CCn1nc(C)c(Cl)c1COc1ccc2c(c1)CC[C@@H]2O. The fraction of sp³-hybridized carbons (Fsp3) is 0.438. The number of halogens is 1. The van der Waals surface area contributed by atoms with Crippen LogP contribution in [-0.4, -0.2) is 14.9 Å². The molecule has 0 bridgehead atoms. The summed E-state index contributed by atoms with van der Waals surface area (Å²) in [6.45, 7) is 5.09. The number of aryl methyl sites for hydroxylation is 3. The van der Waals surface area contributed by atoms with Crippen LogP contribution in [0.5, 0.6) is 5.75 Å². The average Bonchev–Trinajstić information content (AvgIpc) is 2.98. The molecule has 21 heavy (non-hydrogen) atoms. The summed E-state index contributed by atoms with van der Waals surface area (Å²) in [7, 11) is 0. The van der Waals surface area contributed by atoms with E-state index in [1.165, 1.54) is 5.56 Å². The summed E-state index contributed by atoms with van der Waals surface area (Å²) in [5.74, 6) is 0.806. The number of hydrogen-bond donors (Lipinski definition) is 1. The second kappa shape index (κ2) is 5.70. The lowest BCUT2D eigenvalue weighted by Gasteiger charge is -2.10. The monoisotopic (exact) mass is 306 g/mol. The number of benzene rings is 1. The maximum Gasteiger partial charge on any atom is 0.131 e. The molecule has 1 N–H and O–H groups in total. The van der Waals surface area contributed by atoms with Crippen LogP contribution in [0.25, 0.3) is 0 Å². The molecular weight excluding hydrogens is 288 g/mol. The zero-order chi connectivity index (χ0) is 15.0. The molecule has 1 aliphatic rings. The van der Waals surface area contributed by atoms with Crippen molar-refractivity contribution in [1.82, 2.24) is 9.78 Å². The van der Waals surface area contributed by atoms with Gasteiger partial charge in [0.2, 0.25) is 0 Å². The van der Waals surface area contributed by atoms with Crippen LogP contribution in [0, 0.1) is 6.92 Å². The van der Waals surface area contributed by atoms with Crippen molar-refractivity contribution < 1.29 is 9.84 Å². The molecule has 5 heteroatoms. The zero-order valence-electron chi connectivity index (χ0n) is 12.3. The quantitative estimate of drug-likeness (QED) is 0.941. The van der Waals surface area contributed by atoms with Gasteiger partial charge in [-0.2, -0.15) is 5.10 Å². The van der Waals surface area contributed by atoms with E-state index in [0.29, 0.717) is 11.6 Å². The lowest BCUT2D eigenvalue weighted by Crippen LogP contribution is -2.06. The van der Waals surface area contributed by atoms with Crippen LogP contribution in [0.1, 0.15) is 42.0 Å². The number of ether oxygens (including phenoxy) is 1. The molecule has 0 saturated carbocycles. The first-order chi connectivity index (χ1) is 10.1. The van der Waals surface area contributed by atoms with Crippen molar-refractivity contribution in [3.8, 4) is 5.75 Å². The number of fused-ring (bicyclic) bond motifs is 1. The Balaban J connectivity index is 1.77. The van der Waals surface area contributed by atoms with Crippen LogP contribution in [-0.2, 0) is 19.6 Å². The van der Waals surface area contributed by atoms with Gasteiger partial charge < -0.3 is 9.84 Å². The third kappa shape index (κ3) is 2.65. The van der Waals surface area contributed by atoms with Crippen molar-refractivity contribution in [2.75, 3.05) is 0 Å². The van der Waals surface area contributed by atoms with Crippen molar-refractivity contribution in [3.05, 3.63) is 45.7 Å². The number of rotatable bonds is 4. The van der Waals surface area contributed by atoms with Gasteiger partial charge in [-0.05, 0) is 49.9 Å². The normalized spacial score (nSPS) is 17.0. The number of aliphatic hydroxyl groups excluding tert-OH is 1. The highest BCUT2D eigenvalue weighted by molar-refractivity contribution is 6.31. The highest BCUT2D eigenvalue weighted by Crippen LogP contribution is 2.33. The topological polar surface area (TPSA) is 47.3 Å². The first kappa shape index (κ1) is 14.4. The van der Waals surface area contributed by atoms with E-state index in [2.05, 4.69) is 5.10 Å². The minimum Gasteiger partial charge on any atom is -0.487 e. The van der Waals surface area contributed by atoms with Crippen molar-refractivity contribution >= 4 is 11.6 Å². The summed E-state index contributed by atoms with van der Waals surface area (Å²) in [5, 5.41) is 14.9. The molecule has 1 aliphatic carbocycles. The predicted octanol–water partition coefficient (Wildman–Crippen LogP) is 3.42. The van der Waals surface area contributed by atoms with Crippen molar-refractivity contribution in [3.63, 3.8) is 0 Å². The molecule has 0 amide bonds. The Morgan fingerprint density at radius 1 is 1.48 bits per heavy atom. The Bertz CT molecular complexity index is 667. The first-order valence-electron chi connectivity index (χ1n) is 7.25. The minimum atomic E-state index is -0.326. The Kier molecular flexibility index (Phi) is 3.91. The summed E-state index contributed by atoms with van der Waals surface area (Å²) >= 11 is 6.28. The smallest absolute Gasteiger partial charge is 0.131 e. The van der Waals surface area contributed by atoms with Gasteiger partial charge in [0.25, 0.3) is 0 Å². The highest BCUT2D eigenvalue weighted by atomic mass is 35.5. The van der Waals surface area contributed by atoms with E-state index in [0.717, 1.165) is 42.1 Å². The molecule has 0 spiro atoms. The van der Waals surface area contributed by atoms with Gasteiger partial charge in [0.05, 0.1) is 22.5 Å². The van der Waals surface area contributed by atoms with E-state index in [9.17, 15) is 5.11 Å². The fourth-order valence-electron chi connectivity index (χ4n) is 2.82. The summed E-state index contributed by atoms with van der Waals surface area (Å²) in [6.07, 6.45) is 1.38. The lowest BCUT2D eigenvalue weighted by molar-refractivity contribution is 0.180. The van der Waals surface area contributed by atoms with Crippen LogP contribution in [0.15, 0.2) is 18.2 Å². The zero-order valence-corrected chi connectivity index (χ0v) is 13.0. The maximum absolute atomic E-state index is 9.82. The molecule has 1 atom stereocenters. The Labute approximate surface area is 129 Å². The van der Waals surface area contributed by atoms with Crippen LogP contribution >= 0.6 is 11.6 Å². The molecule has 0 saturated heterocycles. The van der Waals surface area contributed by atoms with E-state index in [-0.39, 0.29) is 6.10 Å². The van der Waals surface area contributed by atoms with E-state index >= 15 is 0 Å². The Hall–Kier alpha value is -1.52. The van der Waals surface area contributed by atoms with Crippen LogP contribution in [0.2, 0.25) is 5.02 Å². The molecule has 1 heterocycles. The van der Waals surface area contributed by atoms with Crippen LogP contribution < -0.4 is 4.74 Å². The van der Waals surface area contributed by atoms with Gasteiger partial charge in [-0.3, -0.25) is 4.68 Å². The van der Waals surface area contributed by atoms with Crippen LogP contribution in [0.3, 0.4) is 0 Å². The molecule has 1 aromatic heterocycles. The third-order valence-corrected chi connectivity index (χ3v) is 4.48. The lowest BCUT2D eigenvalue weighted by atomic mass is 10.1. The van der Waals surface area contributed by atoms with E-state index in [1.807, 2.05) is 36.7 Å². The van der Waals surface area contributed by atoms with Crippen molar-refractivity contribution in [1.29, 1.82) is 0 Å². The Morgan fingerprint density at radius 3 is 3.05 bits per heavy atom. The number of aliphatic hydroxyl groups is 1. The van der Waals surface area contributed by atoms with E-state index in [4.69, 9.17) is 16.3 Å². The maximum atomic E-state index is 9.82. The van der Waals surface area contributed by atoms with E-state index < -0.39 is 0 Å². The summed E-state index contributed by atoms with van der Waals surface area (Å²) < 4.78 is 7.73. The summed E-state index contributed by atoms with van der Waals surface area (Å²) in [5.41, 5.74) is 3.92. The highest BCUT2D eigenvalue weighted by Gasteiger charge is 2.20. The molecule has 0 fully saturated rings. The van der Waals surface area contributed by atoms with Gasteiger partial charge in [-0.15, -0.1) is 0 Å². The molecule has 3 rings (SSSR count). The fourth-order valence-corrected chi connectivity index (χ4v) is 3.01. The number of aromatic nitrogens is 2. The molecule has 0 radical (unpaired) electrons. The molecule has 112 valence electrons. The molecule has 4 nitrogen and oxygen atoms in total. The van der Waals surface area contributed by atoms with Gasteiger partial charge in [-0.25, -0.2) is 0 Å². The van der Waals surface area contributed by atoms with Gasteiger partial charge in [-0.1, -0.05) is 17.7 Å². The molecule has 2 aromatic rings. The number of hydrogen-bond acceptors (Lipinski definition) is 3. The second-order valence-electron chi connectivity index (χ2n) is 5.37. The van der Waals surface area contributed by atoms with Crippen LogP contribution in [0.4, 0.5) is 0 Å². The Morgan fingerprint density at radius 2 is 2.29 bits per heavy atom. The van der Waals surface area contributed by atoms with Gasteiger partial charge >= 0.3 is 0 Å². The summed E-state index contributed by atoms with van der Waals surface area (Å²) in [4.78, 5) is 0. The van der Waals surface area contributed by atoms with Gasteiger partial charge in [0.1, 0.15) is 12.4 Å². The molecule has 0 unspecified atom stereocenters. The molecule has 1 aromatic carbocycles. The number of nitrogens with zero attached hydrogens (tertiary/aromatic N) is 2. The van der Waals surface area contributed by atoms with Gasteiger partial charge in [0.15, 0.2) is 0 Å². The molecule has 0 aliphatic heterocycles. The first-order valence-corrected chi connectivity index (χ1v) is 7.63. The second-order valence-corrected chi connectivity index (χ2v) is 5.74. The summed E-state index contributed by atoms with van der Waals surface area (Å²) in [6, 6.07) is 5.87. The van der Waals surface area contributed by atoms with Crippen molar-refractivity contribution in [2.24, 2.45) is 0 Å². The van der Waals surface area contributed by atoms with Crippen molar-refractivity contribution in [2.45, 2.75) is 45.9 Å². The largest absolute Gasteiger partial charge is 0.487 e. The average molecular weight is 307 g/mol. The standard InChI is InChI=1S/C16H19ClN2O2/c1-3-19-14(16(17)10(2)18-19)9-21-12-5-6-13-11(8-12)4-7-15(13)20/h5-6,8,15,20H,3-4,7,9H2,1-2H3/t15-/m0/s1. The minimum absolute atomic E-state index is 0.326.